The van der Waals surface area contributed by atoms with E-state index in [1.807, 2.05) is 0 Å². The molecule has 2 rings (SSSR count). The van der Waals surface area contributed by atoms with E-state index in [4.69, 9.17) is 21.7 Å². The number of aliphatic carboxylic acids is 2. The summed E-state index contributed by atoms with van der Waals surface area (Å²) in [7, 11) is 0. The number of carboxylic acid groups (broad SMARTS) is 2. The van der Waals surface area contributed by atoms with Crippen LogP contribution in [0.4, 0.5) is 0 Å². The maximum Gasteiger partial charge on any atom is 0.303 e. The van der Waals surface area contributed by atoms with Gasteiger partial charge in [0.25, 0.3) is 0 Å². The van der Waals surface area contributed by atoms with Gasteiger partial charge in [-0.25, -0.2) is 0 Å². The van der Waals surface area contributed by atoms with Crippen LogP contribution in [0.2, 0.25) is 0 Å². The van der Waals surface area contributed by atoms with Crippen LogP contribution in [-0.4, -0.2) is 34.2 Å². The number of hydrogen-bond acceptors (Lipinski definition) is 4. The first-order valence-corrected chi connectivity index (χ1v) is 16.3. The quantitative estimate of drug-likeness (QED) is 0.116. The number of hydrogen-bond donors (Lipinski definition) is 4. The highest BCUT2D eigenvalue weighted by molar-refractivity contribution is 5.66. The normalized spacial score (nSPS) is 18.4. The molecular formula is C32H62N2O4. The van der Waals surface area contributed by atoms with Crippen LogP contribution < -0.4 is 11.5 Å². The molecule has 2 atom stereocenters. The zero-order chi connectivity index (χ0) is 27.8. The number of carboxylic acids is 2. The van der Waals surface area contributed by atoms with Crippen molar-refractivity contribution in [2.45, 2.75) is 179 Å². The highest BCUT2D eigenvalue weighted by Crippen LogP contribution is 2.29. The van der Waals surface area contributed by atoms with E-state index >= 15 is 0 Å². The van der Waals surface area contributed by atoms with Gasteiger partial charge in [0.15, 0.2) is 0 Å². The Morgan fingerprint density at radius 1 is 0.500 bits per heavy atom. The highest BCUT2D eigenvalue weighted by atomic mass is 16.4. The Morgan fingerprint density at radius 3 is 1.11 bits per heavy atom. The summed E-state index contributed by atoms with van der Waals surface area (Å²) < 4.78 is 0. The average Bonchev–Trinajstić information content (AvgIpc) is 2.92. The molecule has 0 bridgehead atoms. The van der Waals surface area contributed by atoms with Crippen molar-refractivity contribution in [1.82, 2.24) is 0 Å². The first-order valence-electron chi connectivity index (χ1n) is 16.3. The predicted molar refractivity (Wildman–Crippen MR) is 158 cm³/mol. The zero-order valence-electron chi connectivity index (χ0n) is 24.6. The van der Waals surface area contributed by atoms with Gasteiger partial charge in [0.1, 0.15) is 0 Å². The molecule has 224 valence electrons. The van der Waals surface area contributed by atoms with E-state index in [2.05, 4.69) is 0 Å². The lowest BCUT2D eigenvalue weighted by Crippen LogP contribution is -2.31. The van der Waals surface area contributed by atoms with Gasteiger partial charge < -0.3 is 21.7 Å². The molecule has 0 heterocycles. The maximum atomic E-state index is 10.1. The van der Waals surface area contributed by atoms with E-state index < -0.39 is 11.9 Å². The maximum absolute atomic E-state index is 10.1. The molecule has 2 aliphatic carbocycles. The summed E-state index contributed by atoms with van der Waals surface area (Å²) in [6.45, 7) is 0. The molecule has 2 saturated carbocycles. The minimum absolute atomic E-state index is 0.245. The summed E-state index contributed by atoms with van der Waals surface area (Å²) >= 11 is 0. The summed E-state index contributed by atoms with van der Waals surface area (Å²) in [4.78, 5) is 20.3. The van der Waals surface area contributed by atoms with Crippen LogP contribution in [0.1, 0.15) is 167 Å². The topological polar surface area (TPSA) is 127 Å². The van der Waals surface area contributed by atoms with Gasteiger partial charge in [-0.1, -0.05) is 103 Å². The molecule has 6 N–H and O–H groups in total. The molecule has 2 unspecified atom stereocenters. The van der Waals surface area contributed by atoms with E-state index in [-0.39, 0.29) is 12.8 Å². The van der Waals surface area contributed by atoms with Gasteiger partial charge in [0.2, 0.25) is 0 Å². The molecule has 0 aromatic heterocycles. The zero-order valence-corrected chi connectivity index (χ0v) is 24.6. The van der Waals surface area contributed by atoms with Crippen molar-refractivity contribution in [2.75, 3.05) is 0 Å². The Kier molecular flexibility index (Phi) is 21.8. The van der Waals surface area contributed by atoms with Gasteiger partial charge in [-0.2, -0.15) is 0 Å². The highest BCUT2D eigenvalue weighted by Gasteiger charge is 2.20. The van der Waals surface area contributed by atoms with E-state index in [1.54, 1.807) is 0 Å². The molecule has 6 heteroatoms. The predicted octanol–water partition coefficient (Wildman–Crippen LogP) is 8.20. The first kappa shape index (κ1) is 34.9. The number of nitrogens with two attached hydrogens (primary N) is 2. The SMILES string of the molecule is NC(CCCCCCCCC(N)C1CCCCC1)C1CCCCC1.O=C(O)CCCCCCCCC(=O)O. The van der Waals surface area contributed by atoms with Crippen LogP contribution in [-0.2, 0) is 9.59 Å². The van der Waals surface area contributed by atoms with Crippen LogP contribution in [0.15, 0.2) is 0 Å². The van der Waals surface area contributed by atoms with Crippen molar-refractivity contribution in [3.05, 3.63) is 0 Å². The monoisotopic (exact) mass is 538 g/mol. The molecular weight excluding hydrogens is 476 g/mol. The first-order chi connectivity index (χ1) is 18.4. The van der Waals surface area contributed by atoms with Crippen LogP contribution in [0, 0.1) is 11.8 Å². The summed E-state index contributed by atoms with van der Waals surface area (Å²) in [5.74, 6) is 0.187. The van der Waals surface area contributed by atoms with Gasteiger partial charge in [-0.05, 0) is 63.2 Å². The van der Waals surface area contributed by atoms with E-state index in [0.717, 1.165) is 50.4 Å². The summed E-state index contributed by atoms with van der Waals surface area (Å²) in [6, 6.07) is 0.970. The van der Waals surface area contributed by atoms with Crippen molar-refractivity contribution in [3.8, 4) is 0 Å². The Labute approximate surface area is 234 Å². The Morgan fingerprint density at radius 2 is 0.789 bits per heavy atom. The van der Waals surface area contributed by atoms with Crippen molar-refractivity contribution in [3.63, 3.8) is 0 Å². The fourth-order valence-corrected chi connectivity index (χ4v) is 6.32. The fourth-order valence-electron chi connectivity index (χ4n) is 6.32. The minimum Gasteiger partial charge on any atom is -0.481 e. The molecule has 0 amide bonds. The lowest BCUT2D eigenvalue weighted by Gasteiger charge is -2.27. The smallest absolute Gasteiger partial charge is 0.303 e. The van der Waals surface area contributed by atoms with Crippen LogP contribution in [0.5, 0.6) is 0 Å². The second-order valence-corrected chi connectivity index (χ2v) is 12.2. The average molecular weight is 539 g/mol. The summed E-state index contributed by atoms with van der Waals surface area (Å²) in [5.41, 5.74) is 12.8. The molecule has 6 nitrogen and oxygen atoms in total. The standard InChI is InChI=1S/C22H44N2.C10H18O4/c23-21(19-13-7-5-8-14-19)17-11-3-1-2-4-12-18-22(24)20-15-9-6-10-16-20;11-9(12)7-5-3-1-2-4-6-8-10(13)14/h19-22H,1-18,23-24H2;1-8H2,(H,11,12)(H,13,14). The molecule has 0 aromatic carbocycles. The van der Waals surface area contributed by atoms with Gasteiger partial charge in [0, 0.05) is 24.9 Å². The molecule has 0 aliphatic heterocycles. The molecule has 0 spiro atoms. The van der Waals surface area contributed by atoms with Crippen molar-refractivity contribution >= 4 is 11.9 Å². The van der Waals surface area contributed by atoms with E-state index in [1.165, 1.54) is 116 Å². The number of carbonyl (C=O) groups is 2. The van der Waals surface area contributed by atoms with Crippen LogP contribution in [0.25, 0.3) is 0 Å². The molecule has 0 aromatic rings. The Balaban J connectivity index is 0.000000442. The van der Waals surface area contributed by atoms with Gasteiger partial charge in [0.05, 0.1) is 0 Å². The fraction of sp³-hybridized carbons (Fsp3) is 0.938. The third kappa shape index (κ3) is 19.9. The largest absolute Gasteiger partial charge is 0.481 e. The van der Waals surface area contributed by atoms with E-state index in [0.29, 0.717) is 12.1 Å². The molecule has 0 saturated heterocycles. The lowest BCUT2D eigenvalue weighted by atomic mass is 9.82. The third-order valence-corrected chi connectivity index (χ3v) is 8.87. The lowest BCUT2D eigenvalue weighted by molar-refractivity contribution is -0.138. The van der Waals surface area contributed by atoms with Gasteiger partial charge in [-0.3, -0.25) is 9.59 Å². The van der Waals surface area contributed by atoms with Crippen LogP contribution >= 0.6 is 0 Å². The number of rotatable bonds is 20. The van der Waals surface area contributed by atoms with Crippen molar-refractivity contribution in [2.24, 2.45) is 23.3 Å². The van der Waals surface area contributed by atoms with Crippen molar-refractivity contribution in [1.29, 1.82) is 0 Å². The Hall–Kier alpha value is -1.14. The second-order valence-electron chi connectivity index (χ2n) is 12.2. The molecule has 2 aliphatic rings. The van der Waals surface area contributed by atoms with E-state index in [9.17, 15) is 9.59 Å². The van der Waals surface area contributed by atoms with Gasteiger partial charge >= 0.3 is 11.9 Å². The molecule has 2 fully saturated rings. The second kappa shape index (κ2) is 23.7. The number of unbranched alkanes of at least 4 members (excludes halogenated alkanes) is 10. The minimum atomic E-state index is -0.740. The summed E-state index contributed by atoms with van der Waals surface area (Å²) in [5, 5.41) is 16.7. The summed E-state index contributed by atoms with van der Waals surface area (Å²) in [6.07, 6.45) is 30.7. The molecule has 0 radical (unpaired) electrons. The third-order valence-electron chi connectivity index (χ3n) is 8.87. The van der Waals surface area contributed by atoms with Gasteiger partial charge in [-0.15, -0.1) is 0 Å². The van der Waals surface area contributed by atoms with Crippen LogP contribution in [0.3, 0.4) is 0 Å². The van der Waals surface area contributed by atoms with Crippen molar-refractivity contribution < 1.29 is 19.8 Å². The molecule has 38 heavy (non-hydrogen) atoms. The Bertz CT molecular complexity index is 524.